The first kappa shape index (κ1) is 50.6. The molecule has 4 atom stereocenters. The summed E-state index contributed by atoms with van der Waals surface area (Å²) >= 11 is 0. The Hall–Kier alpha value is -7.74. The number of Topliss-reactive ketones (excluding diaryl/α,β-unsaturated/α-hetero) is 1. The molecular formula is C58H64N6O8. The smallest absolute Gasteiger partial charge is 0.408 e. The number of ether oxygens (including phenoxy) is 2. The van der Waals surface area contributed by atoms with Crippen molar-refractivity contribution in [1.29, 1.82) is 0 Å². The fourth-order valence-electron chi connectivity index (χ4n) is 9.65. The lowest BCUT2D eigenvalue weighted by Gasteiger charge is -2.29. The van der Waals surface area contributed by atoms with Crippen molar-refractivity contribution in [1.82, 2.24) is 25.4 Å². The maximum absolute atomic E-state index is 14.3. The molecule has 5 amide bonds. The van der Waals surface area contributed by atoms with Gasteiger partial charge in [0.25, 0.3) is 11.8 Å². The van der Waals surface area contributed by atoms with Crippen LogP contribution in [0, 0.1) is 6.92 Å². The predicted molar refractivity (Wildman–Crippen MR) is 278 cm³/mol. The van der Waals surface area contributed by atoms with E-state index in [-0.39, 0.29) is 24.0 Å². The van der Waals surface area contributed by atoms with Crippen LogP contribution in [0.15, 0.2) is 127 Å². The summed E-state index contributed by atoms with van der Waals surface area (Å²) in [5.41, 5.74) is 6.58. The van der Waals surface area contributed by atoms with E-state index in [1.165, 1.54) is 4.90 Å². The van der Waals surface area contributed by atoms with Gasteiger partial charge in [-0.05, 0) is 126 Å². The maximum Gasteiger partial charge on any atom is 0.408 e. The molecule has 0 aliphatic carbocycles. The average Bonchev–Trinajstić information content (AvgIpc) is 4.12. The van der Waals surface area contributed by atoms with Gasteiger partial charge in [0.05, 0.1) is 11.7 Å². The van der Waals surface area contributed by atoms with Gasteiger partial charge in [0.1, 0.15) is 29.3 Å². The zero-order valence-corrected chi connectivity index (χ0v) is 42.0. The van der Waals surface area contributed by atoms with E-state index in [0.717, 1.165) is 44.4 Å². The molecule has 4 N–H and O–H groups in total. The first-order valence-corrected chi connectivity index (χ1v) is 24.7. The number of hydrogen-bond donors (Lipinski definition) is 4. The second-order valence-corrected chi connectivity index (χ2v) is 20.7. The highest BCUT2D eigenvalue weighted by molar-refractivity contribution is 6.05. The van der Waals surface area contributed by atoms with Gasteiger partial charge in [0, 0.05) is 41.7 Å². The summed E-state index contributed by atoms with van der Waals surface area (Å²) in [6.07, 6.45) is 0.900. The molecule has 6 aromatic rings. The Balaban J connectivity index is 1.01. The molecule has 0 bridgehead atoms. The van der Waals surface area contributed by atoms with Crippen LogP contribution in [0.5, 0.6) is 0 Å². The van der Waals surface area contributed by atoms with Crippen LogP contribution in [0.2, 0.25) is 0 Å². The summed E-state index contributed by atoms with van der Waals surface area (Å²) in [5.74, 6) is -1.18. The number of aromatic amines is 1. The number of nitrogens with zero attached hydrogens (tertiary/aromatic N) is 2. The van der Waals surface area contributed by atoms with Crippen LogP contribution in [-0.2, 0) is 35.1 Å². The predicted octanol–water partition coefficient (Wildman–Crippen LogP) is 10.4. The van der Waals surface area contributed by atoms with Crippen LogP contribution in [-0.4, -0.2) is 86.9 Å². The minimum atomic E-state index is -1.05. The molecule has 5 aromatic carbocycles. The minimum absolute atomic E-state index is 0.0895. The van der Waals surface area contributed by atoms with E-state index < -0.39 is 53.5 Å². The fraction of sp³-hybridized carbons (Fsp3) is 0.345. The Morgan fingerprint density at radius 2 is 1.17 bits per heavy atom. The normalized spacial score (nSPS) is 16.7. The molecule has 72 heavy (non-hydrogen) atoms. The number of fused-ring (bicyclic) bond motifs is 1. The molecule has 2 aliphatic heterocycles. The number of hydrogen-bond acceptors (Lipinski definition) is 8. The standard InChI is InChI=1S/C58H64N6O8/c1-36-17-14-22-41(33-36)48-43-34-37(35-47(65)45-23-15-31-63(45)53(67)50(38-18-10-8-11-19-38)61-55(69)71-57(2,3)4)25-30-44(43)60-49(48)40-26-28-42(29-27-40)59-52(66)46-24-16-32-64(46)54(68)51(39-20-12-9-13-21-39)62-56(70)72-58(5,6)7/h8-14,17-22,25-30,33-34,45-46,50-51,60H,15-16,23-24,31-32,35H2,1-7H3,(H,59,66)(H,61,69)(H,62,70)/t45-,46-,50+,51+/m0/s1. The Bertz CT molecular complexity index is 2960. The van der Waals surface area contributed by atoms with Crippen LogP contribution < -0.4 is 16.0 Å². The van der Waals surface area contributed by atoms with E-state index in [1.54, 1.807) is 95.0 Å². The van der Waals surface area contributed by atoms with Crippen LogP contribution >= 0.6 is 0 Å². The quantitative estimate of drug-likeness (QED) is 0.0883. The molecule has 1 aromatic heterocycles. The van der Waals surface area contributed by atoms with Gasteiger partial charge in [0.2, 0.25) is 5.91 Å². The number of carbonyl (C=O) groups is 6. The molecular weight excluding hydrogens is 909 g/mol. The fourth-order valence-corrected chi connectivity index (χ4v) is 9.65. The highest BCUT2D eigenvalue weighted by Crippen LogP contribution is 2.40. The van der Waals surface area contributed by atoms with Crippen molar-refractivity contribution in [3.8, 4) is 22.4 Å². The second-order valence-electron chi connectivity index (χ2n) is 20.7. The number of benzene rings is 5. The molecule has 3 heterocycles. The lowest BCUT2D eigenvalue weighted by molar-refractivity contribution is -0.139. The van der Waals surface area contributed by atoms with Crippen LogP contribution in [0.1, 0.15) is 102 Å². The first-order chi connectivity index (χ1) is 34.3. The Labute approximate surface area is 420 Å². The van der Waals surface area contributed by atoms with E-state index in [4.69, 9.17) is 9.47 Å². The minimum Gasteiger partial charge on any atom is -0.444 e. The number of nitrogens with one attached hydrogen (secondary N) is 4. The Morgan fingerprint density at radius 3 is 1.71 bits per heavy atom. The second kappa shape index (κ2) is 21.3. The molecule has 0 unspecified atom stereocenters. The van der Waals surface area contributed by atoms with E-state index in [9.17, 15) is 28.8 Å². The third-order valence-corrected chi connectivity index (χ3v) is 12.8. The van der Waals surface area contributed by atoms with Crippen molar-refractivity contribution in [3.63, 3.8) is 0 Å². The summed E-state index contributed by atoms with van der Waals surface area (Å²) in [5, 5.41) is 9.47. The van der Waals surface area contributed by atoms with Crippen molar-refractivity contribution < 1.29 is 38.2 Å². The van der Waals surface area contributed by atoms with Gasteiger partial charge in [-0.1, -0.05) is 109 Å². The first-order valence-electron chi connectivity index (χ1n) is 24.7. The molecule has 0 radical (unpaired) electrons. The molecule has 374 valence electrons. The molecule has 0 spiro atoms. The molecule has 2 fully saturated rings. The van der Waals surface area contributed by atoms with Crippen LogP contribution in [0.4, 0.5) is 15.3 Å². The van der Waals surface area contributed by atoms with Crippen molar-refractivity contribution in [2.75, 3.05) is 18.4 Å². The van der Waals surface area contributed by atoms with Gasteiger partial charge in [-0.25, -0.2) is 9.59 Å². The zero-order valence-electron chi connectivity index (χ0n) is 42.0. The van der Waals surface area contributed by atoms with Gasteiger partial charge in [-0.2, -0.15) is 0 Å². The number of anilines is 1. The van der Waals surface area contributed by atoms with Gasteiger partial charge < -0.3 is 40.2 Å². The number of carbonyl (C=O) groups excluding carboxylic acids is 6. The molecule has 8 rings (SSSR count). The highest BCUT2D eigenvalue weighted by Gasteiger charge is 2.40. The third kappa shape index (κ3) is 12.0. The Morgan fingerprint density at radius 1 is 0.625 bits per heavy atom. The van der Waals surface area contributed by atoms with Crippen molar-refractivity contribution in [2.45, 2.75) is 116 Å². The third-order valence-electron chi connectivity index (χ3n) is 12.8. The van der Waals surface area contributed by atoms with Crippen molar-refractivity contribution in [2.24, 2.45) is 0 Å². The van der Waals surface area contributed by atoms with Gasteiger partial charge in [-0.15, -0.1) is 0 Å². The van der Waals surface area contributed by atoms with Gasteiger partial charge in [-0.3, -0.25) is 19.2 Å². The number of likely N-dealkylation sites (tertiary alicyclic amines) is 2. The van der Waals surface area contributed by atoms with Crippen LogP contribution in [0.3, 0.4) is 0 Å². The molecule has 2 aliphatic rings. The number of aromatic nitrogens is 1. The van der Waals surface area contributed by atoms with E-state index >= 15 is 0 Å². The van der Waals surface area contributed by atoms with E-state index in [1.807, 2.05) is 73.7 Å². The summed E-state index contributed by atoms with van der Waals surface area (Å²) in [6, 6.07) is 36.1. The Kier molecular flexibility index (Phi) is 15.0. The molecule has 0 saturated carbocycles. The highest BCUT2D eigenvalue weighted by atomic mass is 16.6. The maximum atomic E-state index is 14.3. The topological polar surface area (TPSA) is 179 Å². The number of H-pyrrole nitrogens is 1. The number of amides is 5. The number of ketones is 1. The van der Waals surface area contributed by atoms with Gasteiger partial charge >= 0.3 is 12.2 Å². The average molecular weight is 973 g/mol. The number of alkyl carbamates (subject to hydrolysis) is 2. The van der Waals surface area contributed by atoms with Gasteiger partial charge in [0.15, 0.2) is 5.78 Å². The zero-order chi connectivity index (χ0) is 51.3. The monoisotopic (exact) mass is 972 g/mol. The summed E-state index contributed by atoms with van der Waals surface area (Å²) in [7, 11) is 0. The number of rotatable bonds is 13. The molecule has 14 nitrogen and oxygen atoms in total. The van der Waals surface area contributed by atoms with E-state index in [0.29, 0.717) is 55.6 Å². The molecule has 14 heteroatoms. The lowest BCUT2D eigenvalue weighted by atomic mass is 9.95. The van der Waals surface area contributed by atoms with E-state index in [2.05, 4.69) is 33.1 Å². The van der Waals surface area contributed by atoms with Crippen molar-refractivity contribution >= 4 is 52.3 Å². The summed E-state index contributed by atoms with van der Waals surface area (Å²) in [6.45, 7) is 13.3. The summed E-state index contributed by atoms with van der Waals surface area (Å²) < 4.78 is 11.0. The lowest BCUT2D eigenvalue weighted by Crippen LogP contribution is -2.49. The largest absolute Gasteiger partial charge is 0.444 e. The van der Waals surface area contributed by atoms with Crippen molar-refractivity contribution in [3.05, 3.63) is 150 Å². The van der Waals surface area contributed by atoms with Crippen LogP contribution in [0.25, 0.3) is 33.3 Å². The molecule has 2 saturated heterocycles. The summed E-state index contributed by atoms with van der Waals surface area (Å²) in [4.78, 5) is 89.4. The SMILES string of the molecule is Cc1cccc(-c2c(-c3ccc(NC(=O)[C@@H]4CCCN4C(=O)[C@H](NC(=O)OC(C)(C)C)c4ccccc4)cc3)[nH]c3ccc(CC(=O)[C@@H]4CCCN4C(=O)[C@H](NC(=O)OC(C)(C)C)c4ccccc4)cc23)c1. The number of aryl methyl sites for hydroxylation is 1.